The van der Waals surface area contributed by atoms with Crippen LogP contribution in [0.25, 0.3) is 16.8 Å². The second kappa shape index (κ2) is 9.42. The predicted octanol–water partition coefficient (Wildman–Crippen LogP) is 4.15. The molecule has 29 heavy (non-hydrogen) atoms. The normalized spacial score (nSPS) is 16.2. The second-order valence-corrected chi connectivity index (χ2v) is 8.01. The number of hydrogen-bond acceptors (Lipinski definition) is 4. The first-order valence-electron chi connectivity index (χ1n) is 10.2. The average Bonchev–Trinajstić information content (AvgIpc) is 3.20. The van der Waals surface area contributed by atoms with Crippen LogP contribution in [0.1, 0.15) is 32.4 Å². The Bertz CT molecular complexity index is 1010. The molecule has 0 radical (unpaired) electrons. The number of aromatic nitrogens is 2. The van der Waals surface area contributed by atoms with Gasteiger partial charge in [0.2, 0.25) is 0 Å². The summed E-state index contributed by atoms with van der Waals surface area (Å²) in [5.41, 5.74) is 4.36. The van der Waals surface area contributed by atoms with Crippen LogP contribution in [0.2, 0.25) is 0 Å². The van der Waals surface area contributed by atoms with Crippen molar-refractivity contribution in [2.75, 3.05) is 18.4 Å². The summed E-state index contributed by atoms with van der Waals surface area (Å²) in [4.78, 5) is 18.1. The maximum absolute atomic E-state index is 13.3. The van der Waals surface area contributed by atoms with Crippen molar-refractivity contribution in [2.45, 2.75) is 39.2 Å². The molecule has 3 aromatic rings. The van der Waals surface area contributed by atoms with Crippen LogP contribution in [0.15, 0.2) is 53.5 Å². The van der Waals surface area contributed by atoms with Crippen molar-refractivity contribution in [3.05, 3.63) is 64.7 Å². The van der Waals surface area contributed by atoms with Gasteiger partial charge in [0.15, 0.2) is 0 Å². The van der Waals surface area contributed by atoms with E-state index >= 15 is 0 Å². The third-order valence-corrected chi connectivity index (χ3v) is 5.37. The van der Waals surface area contributed by atoms with Crippen LogP contribution in [-0.2, 0) is 6.42 Å². The monoisotopic (exact) mass is 412 g/mol. The summed E-state index contributed by atoms with van der Waals surface area (Å²) in [6, 6.07) is 14.4. The quantitative estimate of drug-likeness (QED) is 0.638. The van der Waals surface area contributed by atoms with Gasteiger partial charge in [-0.05, 0) is 61.6 Å². The topological polar surface area (TPSA) is 58.4 Å². The van der Waals surface area contributed by atoms with Gasteiger partial charge in [0.25, 0.3) is 5.56 Å². The van der Waals surface area contributed by atoms with E-state index in [0.717, 1.165) is 54.9 Å². The Hall–Kier alpha value is -2.37. The van der Waals surface area contributed by atoms with E-state index < -0.39 is 0 Å². The predicted molar refractivity (Wildman–Crippen MR) is 122 cm³/mol. The highest BCUT2D eigenvalue weighted by atomic mass is 35.5. The molecule has 0 saturated carbocycles. The number of fused-ring (bicyclic) bond motifs is 1. The van der Waals surface area contributed by atoms with E-state index in [4.69, 9.17) is 4.98 Å². The molecule has 1 atom stereocenters. The molecule has 3 heterocycles. The molecule has 0 aliphatic carbocycles. The summed E-state index contributed by atoms with van der Waals surface area (Å²) < 4.78 is 1.64. The zero-order valence-electron chi connectivity index (χ0n) is 17.0. The van der Waals surface area contributed by atoms with Gasteiger partial charge in [0, 0.05) is 24.5 Å². The Morgan fingerprint density at radius 1 is 1.21 bits per heavy atom. The number of aryl methyl sites for hydroxylation is 1. The van der Waals surface area contributed by atoms with Gasteiger partial charge >= 0.3 is 0 Å². The molecule has 0 amide bonds. The number of hydrogen-bond donors (Lipinski definition) is 2. The zero-order valence-corrected chi connectivity index (χ0v) is 17.8. The van der Waals surface area contributed by atoms with E-state index in [1.165, 1.54) is 0 Å². The lowest BCUT2D eigenvalue weighted by Crippen LogP contribution is -2.22. The Kier molecular flexibility index (Phi) is 6.93. The summed E-state index contributed by atoms with van der Waals surface area (Å²) in [5, 5.41) is 6.93. The van der Waals surface area contributed by atoms with Crippen LogP contribution in [-0.4, -0.2) is 28.5 Å². The fourth-order valence-corrected chi connectivity index (χ4v) is 3.78. The van der Waals surface area contributed by atoms with Crippen molar-refractivity contribution in [1.82, 2.24) is 14.7 Å². The summed E-state index contributed by atoms with van der Waals surface area (Å²) >= 11 is 0. The molecule has 6 heteroatoms. The minimum atomic E-state index is 0. The summed E-state index contributed by atoms with van der Waals surface area (Å²) in [7, 11) is 0. The van der Waals surface area contributed by atoms with Gasteiger partial charge in [0.1, 0.15) is 5.65 Å². The molecule has 1 aliphatic rings. The lowest BCUT2D eigenvalue weighted by Gasteiger charge is -2.15. The smallest absolute Gasteiger partial charge is 0.265 e. The highest BCUT2D eigenvalue weighted by Gasteiger charge is 2.16. The fraction of sp³-hybridized carbons (Fsp3) is 0.391. The first kappa shape index (κ1) is 21.3. The molecule has 1 fully saturated rings. The molecule has 154 valence electrons. The standard InChI is InChI=1S/C23H28N4O.ClH/c1-16(2)6-11-20-22(23(28)27-14-4-3-5-21(27)26-20)17-7-9-18(10-8-17)25-19-12-13-24-15-19;/h3-5,7-10,14,16,19,24-25H,6,11-13,15H2,1-2H3;1H/t19-;/m1./s1. The highest BCUT2D eigenvalue weighted by molar-refractivity contribution is 5.85. The van der Waals surface area contributed by atoms with Crippen molar-refractivity contribution in [3.63, 3.8) is 0 Å². The average molecular weight is 413 g/mol. The molecule has 0 spiro atoms. The van der Waals surface area contributed by atoms with E-state index in [-0.39, 0.29) is 18.0 Å². The van der Waals surface area contributed by atoms with Gasteiger partial charge in [0.05, 0.1) is 11.3 Å². The van der Waals surface area contributed by atoms with E-state index in [1.807, 2.05) is 30.3 Å². The molecule has 4 rings (SSSR count). The Morgan fingerprint density at radius 3 is 2.69 bits per heavy atom. The van der Waals surface area contributed by atoms with Gasteiger partial charge in [-0.1, -0.05) is 32.0 Å². The van der Waals surface area contributed by atoms with Crippen LogP contribution in [0.5, 0.6) is 0 Å². The first-order chi connectivity index (χ1) is 13.6. The number of benzene rings is 1. The molecule has 2 aromatic heterocycles. The molecule has 0 unspecified atom stereocenters. The second-order valence-electron chi connectivity index (χ2n) is 8.01. The minimum Gasteiger partial charge on any atom is -0.381 e. The number of nitrogens with zero attached hydrogens (tertiary/aromatic N) is 2. The Balaban J connectivity index is 0.00000240. The third-order valence-electron chi connectivity index (χ3n) is 5.37. The number of halogens is 1. The van der Waals surface area contributed by atoms with Crippen molar-refractivity contribution < 1.29 is 0 Å². The van der Waals surface area contributed by atoms with Gasteiger partial charge in [-0.2, -0.15) is 0 Å². The van der Waals surface area contributed by atoms with Crippen LogP contribution >= 0.6 is 12.4 Å². The Labute approximate surface area is 178 Å². The molecular formula is C23H29ClN4O. The van der Waals surface area contributed by atoms with E-state index in [2.05, 4.69) is 36.6 Å². The number of anilines is 1. The summed E-state index contributed by atoms with van der Waals surface area (Å²) in [5.74, 6) is 0.565. The first-order valence-corrected chi connectivity index (χ1v) is 10.2. The molecule has 5 nitrogen and oxygen atoms in total. The maximum Gasteiger partial charge on any atom is 0.265 e. The number of rotatable bonds is 6. The lowest BCUT2D eigenvalue weighted by molar-refractivity contribution is 0.581. The van der Waals surface area contributed by atoms with Gasteiger partial charge in [-0.15, -0.1) is 12.4 Å². The largest absolute Gasteiger partial charge is 0.381 e. The van der Waals surface area contributed by atoms with E-state index in [1.54, 1.807) is 10.6 Å². The molecule has 1 aliphatic heterocycles. The third kappa shape index (κ3) is 4.80. The number of nitrogens with one attached hydrogen (secondary N) is 2. The molecule has 1 aromatic carbocycles. The molecular weight excluding hydrogens is 384 g/mol. The highest BCUT2D eigenvalue weighted by Crippen LogP contribution is 2.24. The van der Waals surface area contributed by atoms with Crippen molar-refractivity contribution in [1.29, 1.82) is 0 Å². The lowest BCUT2D eigenvalue weighted by atomic mass is 9.99. The summed E-state index contributed by atoms with van der Waals surface area (Å²) in [6.45, 7) is 6.46. The van der Waals surface area contributed by atoms with Gasteiger partial charge in [-0.3, -0.25) is 9.20 Å². The van der Waals surface area contributed by atoms with E-state index in [0.29, 0.717) is 17.6 Å². The van der Waals surface area contributed by atoms with E-state index in [9.17, 15) is 4.79 Å². The Morgan fingerprint density at radius 2 is 2.00 bits per heavy atom. The van der Waals surface area contributed by atoms with Crippen molar-refractivity contribution in [2.24, 2.45) is 5.92 Å². The molecule has 1 saturated heterocycles. The zero-order chi connectivity index (χ0) is 19.5. The van der Waals surface area contributed by atoms with Crippen LogP contribution in [0, 0.1) is 5.92 Å². The fourth-order valence-electron chi connectivity index (χ4n) is 3.78. The summed E-state index contributed by atoms with van der Waals surface area (Å²) in [6.07, 6.45) is 4.75. The number of pyridine rings is 1. The minimum absolute atomic E-state index is 0. The van der Waals surface area contributed by atoms with Crippen molar-refractivity contribution >= 4 is 23.7 Å². The maximum atomic E-state index is 13.3. The van der Waals surface area contributed by atoms with Gasteiger partial charge in [-0.25, -0.2) is 4.98 Å². The van der Waals surface area contributed by atoms with Crippen molar-refractivity contribution in [3.8, 4) is 11.1 Å². The van der Waals surface area contributed by atoms with Crippen LogP contribution < -0.4 is 16.2 Å². The van der Waals surface area contributed by atoms with Crippen LogP contribution in [0.4, 0.5) is 5.69 Å². The molecule has 2 N–H and O–H groups in total. The van der Waals surface area contributed by atoms with Crippen LogP contribution in [0.3, 0.4) is 0 Å². The van der Waals surface area contributed by atoms with Gasteiger partial charge < -0.3 is 10.6 Å². The molecule has 0 bridgehead atoms. The SMILES string of the molecule is CC(C)CCc1nc2ccccn2c(=O)c1-c1ccc(N[C@@H]2CCNC2)cc1.Cl.